The van der Waals surface area contributed by atoms with E-state index in [4.69, 9.17) is 16.3 Å². The van der Waals surface area contributed by atoms with Crippen LogP contribution in [0.3, 0.4) is 0 Å². The van der Waals surface area contributed by atoms with Crippen molar-refractivity contribution in [1.82, 2.24) is 10.6 Å². The third-order valence-corrected chi connectivity index (χ3v) is 2.59. The van der Waals surface area contributed by atoms with Gasteiger partial charge in [0.1, 0.15) is 5.75 Å². The van der Waals surface area contributed by atoms with Gasteiger partial charge in [-0.1, -0.05) is 11.6 Å². The normalized spacial score (nSPS) is 10.2. The van der Waals surface area contributed by atoms with Gasteiger partial charge in [0.15, 0.2) is 0 Å². The van der Waals surface area contributed by atoms with Crippen LogP contribution in [0.1, 0.15) is 18.9 Å². The molecule has 0 bridgehead atoms. The molecule has 0 spiro atoms. The Kier molecular flexibility index (Phi) is 6.54. The Labute approximate surface area is 113 Å². The minimum absolute atomic E-state index is 0.00151. The first-order valence-electron chi connectivity index (χ1n) is 6.00. The molecule has 4 nitrogen and oxygen atoms in total. The first-order valence-corrected chi connectivity index (χ1v) is 6.37. The quantitative estimate of drug-likeness (QED) is 0.796. The van der Waals surface area contributed by atoms with E-state index in [1.807, 2.05) is 26.1 Å². The number of ether oxygens (including phenoxy) is 1. The highest BCUT2D eigenvalue weighted by molar-refractivity contribution is 6.30. The fraction of sp³-hybridized carbons (Fsp3) is 0.462. The maximum absolute atomic E-state index is 11.3. The lowest BCUT2D eigenvalue weighted by molar-refractivity contribution is -0.121. The molecule has 0 aliphatic carbocycles. The first-order chi connectivity index (χ1) is 8.67. The van der Waals surface area contributed by atoms with E-state index in [1.54, 1.807) is 6.07 Å². The molecule has 0 aliphatic heterocycles. The highest BCUT2D eigenvalue weighted by atomic mass is 35.5. The lowest BCUT2D eigenvalue weighted by atomic mass is 10.2. The molecule has 0 fully saturated rings. The van der Waals surface area contributed by atoms with Crippen molar-refractivity contribution in [3.63, 3.8) is 0 Å². The minimum atomic E-state index is 0.00151. The fourth-order valence-electron chi connectivity index (χ4n) is 1.56. The number of hydrogen-bond acceptors (Lipinski definition) is 3. The van der Waals surface area contributed by atoms with Crippen molar-refractivity contribution >= 4 is 17.5 Å². The largest absolute Gasteiger partial charge is 0.493 e. The molecule has 0 saturated heterocycles. The van der Waals surface area contributed by atoms with Crippen LogP contribution in [0.5, 0.6) is 5.75 Å². The summed E-state index contributed by atoms with van der Waals surface area (Å²) in [5.41, 5.74) is 0.987. The zero-order valence-electron chi connectivity index (χ0n) is 10.8. The molecular weight excluding hydrogens is 252 g/mol. The zero-order valence-corrected chi connectivity index (χ0v) is 11.5. The molecule has 0 aromatic heterocycles. The van der Waals surface area contributed by atoms with E-state index in [0.29, 0.717) is 31.1 Å². The van der Waals surface area contributed by atoms with Crippen LogP contribution in [0.15, 0.2) is 18.2 Å². The van der Waals surface area contributed by atoms with Crippen LogP contribution in [0.25, 0.3) is 0 Å². The molecular formula is C13H19ClN2O2. The van der Waals surface area contributed by atoms with Gasteiger partial charge in [-0.25, -0.2) is 0 Å². The van der Waals surface area contributed by atoms with Gasteiger partial charge in [-0.05, 0) is 32.2 Å². The summed E-state index contributed by atoms with van der Waals surface area (Å²) < 4.78 is 5.60. The molecule has 1 aromatic rings. The Morgan fingerprint density at radius 2 is 2.22 bits per heavy atom. The SMILES string of the molecule is CCNC(=O)CCOc1ccc(Cl)cc1CNC. The smallest absolute Gasteiger partial charge is 0.223 e. The lowest BCUT2D eigenvalue weighted by Gasteiger charge is -2.11. The summed E-state index contributed by atoms with van der Waals surface area (Å²) in [6, 6.07) is 5.47. The van der Waals surface area contributed by atoms with Crippen LogP contribution in [-0.2, 0) is 11.3 Å². The molecule has 0 atom stereocenters. The van der Waals surface area contributed by atoms with Crippen LogP contribution in [0.2, 0.25) is 5.02 Å². The second kappa shape index (κ2) is 7.95. The summed E-state index contributed by atoms with van der Waals surface area (Å²) in [5, 5.41) is 6.46. The number of nitrogens with one attached hydrogen (secondary N) is 2. The molecule has 0 radical (unpaired) electrons. The summed E-state index contributed by atoms with van der Waals surface area (Å²) >= 11 is 5.93. The highest BCUT2D eigenvalue weighted by Crippen LogP contribution is 2.22. The third-order valence-electron chi connectivity index (χ3n) is 2.35. The van der Waals surface area contributed by atoms with E-state index in [1.165, 1.54) is 0 Å². The maximum atomic E-state index is 11.3. The van der Waals surface area contributed by atoms with Crippen LogP contribution in [0, 0.1) is 0 Å². The van der Waals surface area contributed by atoms with Gasteiger partial charge in [-0.2, -0.15) is 0 Å². The molecule has 1 rings (SSSR count). The first kappa shape index (κ1) is 14.8. The average Bonchev–Trinajstić information content (AvgIpc) is 2.33. The zero-order chi connectivity index (χ0) is 13.4. The summed E-state index contributed by atoms with van der Waals surface area (Å²) in [6.45, 7) is 3.58. The summed E-state index contributed by atoms with van der Waals surface area (Å²) in [6.07, 6.45) is 0.357. The third kappa shape index (κ3) is 4.94. The molecule has 0 aliphatic rings. The summed E-state index contributed by atoms with van der Waals surface area (Å²) in [7, 11) is 1.86. The lowest BCUT2D eigenvalue weighted by Crippen LogP contribution is -2.24. The van der Waals surface area contributed by atoms with E-state index in [2.05, 4.69) is 10.6 Å². The maximum Gasteiger partial charge on any atom is 0.223 e. The van der Waals surface area contributed by atoms with Crippen molar-refractivity contribution < 1.29 is 9.53 Å². The second-order valence-corrected chi connectivity index (χ2v) is 4.27. The van der Waals surface area contributed by atoms with Crippen molar-refractivity contribution in [2.24, 2.45) is 0 Å². The Balaban J connectivity index is 2.53. The molecule has 5 heteroatoms. The van der Waals surface area contributed by atoms with Gasteiger partial charge >= 0.3 is 0 Å². The number of rotatable bonds is 7. The topological polar surface area (TPSA) is 50.4 Å². The fourth-order valence-corrected chi connectivity index (χ4v) is 1.75. The van der Waals surface area contributed by atoms with Gasteiger partial charge in [0.05, 0.1) is 13.0 Å². The second-order valence-electron chi connectivity index (χ2n) is 3.83. The summed E-state index contributed by atoms with van der Waals surface area (Å²) in [4.78, 5) is 11.3. The molecule has 2 N–H and O–H groups in total. The highest BCUT2D eigenvalue weighted by Gasteiger charge is 2.05. The van der Waals surface area contributed by atoms with E-state index in [9.17, 15) is 4.79 Å². The number of amides is 1. The minimum Gasteiger partial charge on any atom is -0.493 e. The van der Waals surface area contributed by atoms with Crippen LogP contribution in [-0.4, -0.2) is 26.1 Å². The van der Waals surface area contributed by atoms with Crippen LogP contribution >= 0.6 is 11.6 Å². The van der Waals surface area contributed by atoms with Crippen molar-refractivity contribution in [3.05, 3.63) is 28.8 Å². The Morgan fingerprint density at radius 1 is 1.44 bits per heavy atom. The van der Waals surface area contributed by atoms with E-state index < -0.39 is 0 Å². The molecule has 0 unspecified atom stereocenters. The van der Waals surface area contributed by atoms with E-state index in [-0.39, 0.29) is 5.91 Å². The Hall–Kier alpha value is -1.26. The van der Waals surface area contributed by atoms with Gasteiger partial charge in [0.2, 0.25) is 5.91 Å². The van der Waals surface area contributed by atoms with E-state index in [0.717, 1.165) is 11.3 Å². The van der Waals surface area contributed by atoms with Crippen molar-refractivity contribution in [1.29, 1.82) is 0 Å². The van der Waals surface area contributed by atoms with Gasteiger partial charge in [-0.3, -0.25) is 4.79 Å². The van der Waals surface area contributed by atoms with Crippen molar-refractivity contribution in [3.8, 4) is 5.75 Å². The number of hydrogen-bond donors (Lipinski definition) is 2. The van der Waals surface area contributed by atoms with Gasteiger partial charge in [-0.15, -0.1) is 0 Å². The van der Waals surface area contributed by atoms with Crippen molar-refractivity contribution in [2.75, 3.05) is 20.2 Å². The molecule has 1 amide bonds. The molecule has 18 heavy (non-hydrogen) atoms. The monoisotopic (exact) mass is 270 g/mol. The number of carbonyl (C=O) groups excluding carboxylic acids is 1. The molecule has 0 heterocycles. The molecule has 100 valence electrons. The standard InChI is InChI=1S/C13H19ClN2O2/c1-3-16-13(17)6-7-18-12-5-4-11(14)8-10(12)9-15-2/h4-5,8,15H,3,6-7,9H2,1-2H3,(H,16,17). The molecule has 1 aromatic carbocycles. The van der Waals surface area contributed by atoms with Crippen LogP contribution in [0.4, 0.5) is 0 Å². The number of halogens is 1. The van der Waals surface area contributed by atoms with Gasteiger partial charge < -0.3 is 15.4 Å². The van der Waals surface area contributed by atoms with E-state index >= 15 is 0 Å². The predicted molar refractivity (Wildman–Crippen MR) is 73.0 cm³/mol. The van der Waals surface area contributed by atoms with Gasteiger partial charge in [0.25, 0.3) is 0 Å². The Bertz CT molecular complexity index is 397. The summed E-state index contributed by atoms with van der Waals surface area (Å²) in [5.74, 6) is 0.764. The molecule has 0 saturated carbocycles. The predicted octanol–water partition coefficient (Wildman–Crippen LogP) is 1.96. The number of benzene rings is 1. The van der Waals surface area contributed by atoms with Crippen molar-refractivity contribution in [2.45, 2.75) is 19.9 Å². The van der Waals surface area contributed by atoms with Crippen LogP contribution < -0.4 is 15.4 Å². The van der Waals surface area contributed by atoms with Gasteiger partial charge in [0, 0.05) is 23.7 Å². The average molecular weight is 271 g/mol. The Morgan fingerprint density at radius 3 is 2.89 bits per heavy atom. The number of carbonyl (C=O) groups is 1.